The molecule has 1 heterocycles. The number of benzene rings is 1. The quantitative estimate of drug-likeness (QED) is 0.493. The van der Waals surface area contributed by atoms with Gasteiger partial charge in [-0.3, -0.25) is 10.8 Å². The van der Waals surface area contributed by atoms with Gasteiger partial charge in [0.05, 0.1) is 16.6 Å². The third kappa shape index (κ3) is 1.69. The van der Waals surface area contributed by atoms with E-state index in [0.717, 1.165) is 6.07 Å². The summed E-state index contributed by atoms with van der Waals surface area (Å²) in [5.74, 6) is 1.27. The van der Waals surface area contributed by atoms with Crippen LogP contribution in [0.1, 0.15) is 18.2 Å². The van der Waals surface area contributed by atoms with Crippen molar-refractivity contribution in [3.8, 4) is 0 Å². The van der Waals surface area contributed by atoms with E-state index in [9.17, 15) is 13.2 Å². The van der Waals surface area contributed by atoms with Crippen LogP contribution in [0, 0.1) is 24.4 Å². The number of rotatable bonds is 2. The molecule has 3 N–H and O–H groups in total. The molecular formula is C12H12F3N3. The number of anilines is 1. The Hall–Kier alpha value is -1.82. The first-order valence-corrected chi connectivity index (χ1v) is 5.44. The molecule has 0 bridgehead atoms. The fraction of sp³-hybridized carbons (Fsp3) is 0.250. The van der Waals surface area contributed by atoms with Crippen molar-refractivity contribution in [2.75, 3.05) is 5.43 Å². The summed E-state index contributed by atoms with van der Waals surface area (Å²) in [6.45, 7) is 3.55. The zero-order chi connectivity index (χ0) is 13.4. The number of halogens is 3. The lowest BCUT2D eigenvalue weighted by Gasteiger charge is -2.14. The van der Waals surface area contributed by atoms with E-state index in [1.165, 1.54) is 0 Å². The monoisotopic (exact) mass is 255 g/mol. The Morgan fingerprint density at radius 2 is 1.94 bits per heavy atom. The lowest BCUT2D eigenvalue weighted by atomic mass is 10.0. The van der Waals surface area contributed by atoms with Gasteiger partial charge < -0.3 is 5.43 Å². The van der Waals surface area contributed by atoms with E-state index in [4.69, 9.17) is 5.84 Å². The third-order valence-corrected chi connectivity index (χ3v) is 2.93. The third-order valence-electron chi connectivity index (χ3n) is 2.93. The van der Waals surface area contributed by atoms with Gasteiger partial charge in [-0.05, 0) is 18.9 Å². The smallest absolute Gasteiger partial charge is 0.195 e. The van der Waals surface area contributed by atoms with Crippen LogP contribution < -0.4 is 11.3 Å². The van der Waals surface area contributed by atoms with Crippen molar-refractivity contribution >= 4 is 16.6 Å². The SMILES string of the molecule is CCc1nc2cc(F)c(F)c(F)c2c(NN)c1C. The number of aromatic nitrogens is 1. The standard InChI is InChI=1S/C12H12F3N3/c1-3-7-5(2)12(18-16)9-8(17-7)4-6(13)10(14)11(9)15/h4H,3,16H2,1-2H3,(H,17,18). The van der Waals surface area contributed by atoms with Crippen LogP contribution in [0.3, 0.4) is 0 Å². The lowest BCUT2D eigenvalue weighted by molar-refractivity contribution is 0.453. The highest BCUT2D eigenvalue weighted by Gasteiger charge is 2.19. The molecule has 0 saturated carbocycles. The van der Waals surface area contributed by atoms with Crippen LogP contribution in [0.25, 0.3) is 10.9 Å². The Labute approximate surface area is 102 Å². The minimum atomic E-state index is -1.52. The number of hydrogen-bond donors (Lipinski definition) is 2. The molecule has 18 heavy (non-hydrogen) atoms. The largest absolute Gasteiger partial charge is 0.323 e. The molecule has 0 atom stereocenters. The number of hydrogen-bond acceptors (Lipinski definition) is 3. The van der Waals surface area contributed by atoms with Gasteiger partial charge in [0, 0.05) is 11.8 Å². The fourth-order valence-corrected chi connectivity index (χ4v) is 1.99. The average molecular weight is 255 g/mol. The Kier molecular flexibility index (Phi) is 3.13. The highest BCUT2D eigenvalue weighted by molar-refractivity contribution is 5.93. The van der Waals surface area contributed by atoms with Crippen molar-refractivity contribution in [1.29, 1.82) is 0 Å². The summed E-state index contributed by atoms with van der Waals surface area (Å²) < 4.78 is 40.2. The zero-order valence-corrected chi connectivity index (χ0v) is 9.94. The number of nitrogens with one attached hydrogen (secondary N) is 1. The van der Waals surface area contributed by atoms with E-state index < -0.39 is 17.5 Å². The first-order valence-electron chi connectivity index (χ1n) is 5.44. The molecule has 1 aromatic carbocycles. The van der Waals surface area contributed by atoms with Crippen LogP contribution >= 0.6 is 0 Å². The molecule has 0 aliphatic carbocycles. The topological polar surface area (TPSA) is 50.9 Å². The second-order valence-corrected chi connectivity index (χ2v) is 3.94. The first kappa shape index (κ1) is 12.6. The van der Waals surface area contributed by atoms with Crippen LogP contribution in [0.2, 0.25) is 0 Å². The summed E-state index contributed by atoms with van der Waals surface area (Å²) in [4.78, 5) is 4.12. The number of hydrazine groups is 1. The number of fused-ring (bicyclic) bond motifs is 1. The van der Waals surface area contributed by atoms with E-state index in [1.807, 2.05) is 6.92 Å². The summed E-state index contributed by atoms with van der Waals surface area (Å²) in [5, 5.41) is -0.133. The van der Waals surface area contributed by atoms with Gasteiger partial charge in [0.25, 0.3) is 0 Å². The van der Waals surface area contributed by atoms with E-state index in [0.29, 0.717) is 17.7 Å². The molecule has 0 amide bonds. The van der Waals surface area contributed by atoms with Crippen LogP contribution in [0.15, 0.2) is 6.07 Å². The van der Waals surface area contributed by atoms with Crippen LogP contribution in [-0.4, -0.2) is 4.98 Å². The molecule has 96 valence electrons. The first-order chi connectivity index (χ1) is 8.51. The molecular weight excluding hydrogens is 243 g/mol. The maximum atomic E-state index is 13.8. The van der Waals surface area contributed by atoms with Crippen molar-refractivity contribution in [3.05, 3.63) is 34.8 Å². The van der Waals surface area contributed by atoms with E-state index in [1.54, 1.807) is 6.92 Å². The maximum absolute atomic E-state index is 13.8. The summed E-state index contributed by atoms with van der Waals surface area (Å²) in [5.41, 5.74) is 3.88. The van der Waals surface area contributed by atoms with Crippen molar-refractivity contribution in [2.24, 2.45) is 5.84 Å². The fourth-order valence-electron chi connectivity index (χ4n) is 1.99. The molecule has 0 fully saturated rings. The summed E-state index contributed by atoms with van der Waals surface area (Å²) in [6.07, 6.45) is 0.580. The number of nitrogen functional groups attached to an aromatic ring is 1. The number of pyridine rings is 1. The Bertz CT molecular complexity index is 626. The van der Waals surface area contributed by atoms with Gasteiger partial charge in [-0.25, -0.2) is 13.2 Å². The van der Waals surface area contributed by atoms with Crippen LogP contribution in [0.5, 0.6) is 0 Å². The minimum Gasteiger partial charge on any atom is -0.323 e. The normalized spacial score (nSPS) is 11.0. The van der Waals surface area contributed by atoms with Gasteiger partial charge in [-0.2, -0.15) is 0 Å². The van der Waals surface area contributed by atoms with Gasteiger partial charge in [-0.1, -0.05) is 6.92 Å². The minimum absolute atomic E-state index is 0.0433. The molecule has 0 unspecified atom stereocenters. The number of nitrogens with zero attached hydrogens (tertiary/aromatic N) is 1. The number of nitrogens with two attached hydrogens (primary N) is 1. The Morgan fingerprint density at radius 3 is 2.50 bits per heavy atom. The van der Waals surface area contributed by atoms with Gasteiger partial charge in [0.2, 0.25) is 0 Å². The van der Waals surface area contributed by atoms with Crippen molar-refractivity contribution in [2.45, 2.75) is 20.3 Å². The van der Waals surface area contributed by atoms with E-state index >= 15 is 0 Å². The summed E-state index contributed by atoms with van der Waals surface area (Å²) in [7, 11) is 0. The molecule has 0 spiro atoms. The Balaban J connectivity index is 2.98. The second kappa shape index (κ2) is 4.45. The zero-order valence-electron chi connectivity index (χ0n) is 9.94. The van der Waals surface area contributed by atoms with E-state index in [-0.39, 0.29) is 16.6 Å². The molecule has 0 radical (unpaired) electrons. The van der Waals surface area contributed by atoms with Crippen molar-refractivity contribution < 1.29 is 13.2 Å². The molecule has 1 aromatic heterocycles. The van der Waals surface area contributed by atoms with Crippen molar-refractivity contribution in [1.82, 2.24) is 4.98 Å². The van der Waals surface area contributed by atoms with Gasteiger partial charge >= 0.3 is 0 Å². The lowest BCUT2D eigenvalue weighted by Crippen LogP contribution is -2.12. The average Bonchev–Trinajstić information content (AvgIpc) is 2.36. The van der Waals surface area contributed by atoms with Gasteiger partial charge in [0.1, 0.15) is 0 Å². The van der Waals surface area contributed by atoms with Crippen LogP contribution in [0.4, 0.5) is 18.9 Å². The molecule has 3 nitrogen and oxygen atoms in total. The Morgan fingerprint density at radius 1 is 1.28 bits per heavy atom. The van der Waals surface area contributed by atoms with Gasteiger partial charge in [-0.15, -0.1) is 0 Å². The number of aryl methyl sites for hydroxylation is 1. The van der Waals surface area contributed by atoms with E-state index in [2.05, 4.69) is 10.4 Å². The molecule has 0 aliphatic rings. The van der Waals surface area contributed by atoms with Crippen LogP contribution in [-0.2, 0) is 6.42 Å². The predicted molar refractivity (Wildman–Crippen MR) is 63.5 cm³/mol. The second-order valence-electron chi connectivity index (χ2n) is 3.94. The highest BCUT2D eigenvalue weighted by atomic mass is 19.2. The van der Waals surface area contributed by atoms with Crippen molar-refractivity contribution in [3.63, 3.8) is 0 Å². The summed E-state index contributed by atoms with van der Waals surface area (Å²) >= 11 is 0. The summed E-state index contributed by atoms with van der Waals surface area (Å²) in [6, 6.07) is 0.868. The van der Waals surface area contributed by atoms with Gasteiger partial charge in [0.15, 0.2) is 17.5 Å². The molecule has 6 heteroatoms. The molecule has 0 saturated heterocycles. The molecule has 2 rings (SSSR count). The maximum Gasteiger partial charge on any atom is 0.195 e. The highest BCUT2D eigenvalue weighted by Crippen LogP contribution is 2.31. The molecule has 0 aliphatic heterocycles. The predicted octanol–water partition coefficient (Wildman–Crippen LogP) is 2.81. The molecule has 2 aromatic rings.